The van der Waals surface area contributed by atoms with Crippen LogP contribution in [0.3, 0.4) is 0 Å². The van der Waals surface area contributed by atoms with Crippen molar-refractivity contribution in [3.63, 3.8) is 0 Å². The van der Waals surface area contributed by atoms with Crippen LogP contribution in [-0.2, 0) is 11.2 Å². The first kappa shape index (κ1) is 7.69. The summed E-state index contributed by atoms with van der Waals surface area (Å²) in [6.45, 7) is 0. The van der Waals surface area contributed by atoms with Gasteiger partial charge in [0.05, 0.1) is 10.2 Å². The van der Waals surface area contributed by atoms with Gasteiger partial charge in [0.1, 0.15) is 5.41 Å². The highest BCUT2D eigenvalue weighted by Gasteiger charge is 1.95. The molecule has 54 valence electrons. The molecule has 0 aliphatic carbocycles. The number of carbonyl (C=O) groups excluding carboxylic acids is 1. The van der Waals surface area contributed by atoms with Crippen LogP contribution in [0.2, 0.25) is 0 Å². The Bertz CT molecular complexity index is 205. The summed E-state index contributed by atoms with van der Waals surface area (Å²) in [7, 11) is 0.704. The molecule has 0 aliphatic heterocycles. The smallest absolute Gasteiger partial charge is 0.101 e. The Morgan fingerprint density at radius 1 is 1.70 bits per heavy atom. The highest BCUT2D eigenvalue weighted by molar-refractivity contribution is 7.09. The fourth-order valence-electron chi connectivity index (χ4n) is 0.754. The zero-order chi connectivity index (χ0) is 7.40. The Morgan fingerprint density at radius 3 is 3.00 bits per heavy atom. The van der Waals surface area contributed by atoms with E-state index < -0.39 is 0 Å². The van der Waals surface area contributed by atoms with E-state index in [9.17, 15) is 4.79 Å². The van der Waals surface area contributed by atoms with Crippen molar-refractivity contribution in [2.24, 2.45) is 0 Å². The average molecular weight is 170 g/mol. The van der Waals surface area contributed by atoms with Crippen LogP contribution in [0.25, 0.3) is 0 Å². The molecule has 3 heteroatoms. The Labute approximate surface area is 67.5 Å². The highest BCUT2D eigenvalue weighted by Crippen LogP contribution is 2.10. The molecule has 1 heterocycles. The summed E-state index contributed by atoms with van der Waals surface area (Å²) >= 11 is 1.73. The van der Waals surface area contributed by atoms with E-state index in [1.165, 1.54) is 4.88 Å². The largest absolute Gasteiger partial charge is 0.307 e. The Morgan fingerprint density at radius 2 is 2.50 bits per heavy atom. The molecular weight excluding hydrogens is 160 g/mol. The molecule has 0 amide bonds. The molecule has 0 fully saturated rings. The van der Waals surface area contributed by atoms with Crippen LogP contribution in [0.1, 0.15) is 11.3 Å². The Balaban J connectivity index is 2.35. The van der Waals surface area contributed by atoms with Gasteiger partial charge >= 0.3 is 0 Å². The van der Waals surface area contributed by atoms with Crippen LogP contribution >= 0.6 is 11.3 Å². The molecule has 0 saturated heterocycles. The summed E-state index contributed by atoms with van der Waals surface area (Å²) in [5.74, 6) is 0. The fourth-order valence-corrected chi connectivity index (χ4v) is 1.71. The van der Waals surface area contributed by atoms with E-state index in [4.69, 9.17) is 0 Å². The SMILES string of the molecule is O=C([SiH3])CCc1cccs1. The van der Waals surface area contributed by atoms with Crippen molar-refractivity contribution in [2.75, 3.05) is 0 Å². The van der Waals surface area contributed by atoms with Gasteiger partial charge in [-0.05, 0) is 17.9 Å². The number of rotatable bonds is 3. The zero-order valence-corrected chi connectivity index (χ0v) is 8.78. The van der Waals surface area contributed by atoms with E-state index in [1.807, 2.05) is 11.4 Å². The fraction of sp³-hybridized carbons (Fsp3) is 0.286. The van der Waals surface area contributed by atoms with E-state index in [0.717, 1.165) is 12.8 Å². The van der Waals surface area contributed by atoms with Crippen molar-refractivity contribution in [1.82, 2.24) is 0 Å². The zero-order valence-electron chi connectivity index (χ0n) is 5.96. The maximum atomic E-state index is 10.6. The van der Waals surface area contributed by atoms with Crippen LogP contribution in [0.5, 0.6) is 0 Å². The summed E-state index contributed by atoms with van der Waals surface area (Å²) in [6.07, 6.45) is 1.69. The van der Waals surface area contributed by atoms with Gasteiger partial charge in [-0.2, -0.15) is 0 Å². The quantitative estimate of drug-likeness (QED) is 0.606. The second-order valence-electron chi connectivity index (χ2n) is 2.28. The van der Waals surface area contributed by atoms with Gasteiger partial charge in [-0.15, -0.1) is 11.3 Å². The predicted molar refractivity (Wildman–Crippen MR) is 47.6 cm³/mol. The molecule has 0 atom stereocenters. The first-order chi connectivity index (χ1) is 4.79. The minimum absolute atomic E-state index is 0.411. The molecule has 0 aliphatic rings. The summed E-state index contributed by atoms with van der Waals surface area (Å²) in [5, 5.41) is 2.46. The van der Waals surface area contributed by atoms with Crippen LogP contribution < -0.4 is 0 Å². The van der Waals surface area contributed by atoms with Crippen molar-refractivity contribution in [3.05, 3.63) is 22.4 Å². The molecular formula is C7H10OSSi. The predicted octanol–water partition coefficient (Wildman–Crippen LogP) is 0.573. The highest BCUT2D eigenvalue weighted by atomic mass is 32.1. The molecule has 1 nitrogen and oxygen atoms in total. The lowest BCUT2D eigenvalue weighted by Crippen LogP contribution is -1.96. The molecule has 1 rings (SSSR count). The molecule has 0 bridgehead atoms. The number of aryl methyl sites for hydroxylation is 1. The Hall–Kier alpha value is -0.413. The van der Waals surface area contributed by atoms with Gasteiger partial charge in [0.15, 0.2) is 0 Å². The standard InChI is InChI=1S/C7H10OSSi/c8-7(10)4-3-6-2-1-5-9-6/h1-2,5H,3-4H2,10H3. The van der Waals surface area contributed by atoms with Crippen LogP contribution in [0.4, 0.5) is 0 Å². The minimum atomic E-state index is 0.411. The molecule has 10 heavy (non-hydrogen) atoms. The molecule has 1 aromatic rings. The molecule has 0 unspecified atom stereocenters. The topological polar surface area (TPSA) is 17.1 Å². The van der Waals surface area contributed by atoms with E-state index in [0.29, 0.717) is 15.6 Å². The van der Waals surface area contributed by atoms with Crippen LogP contribution in [0, 0.1) is 0 Å². The molecule has 1 aromatic heterocycles. The third-order valence-corrected chi connectivity index (χ3v) is 2.74. The van der Waals surface area contributed by atoms with Crippen molar-refractivity contribution in [3.8, 4) is 0 Å². The van der Waals surface area contributed by atoms with Crippen molar-refractivity contribution < 1.29 is 4.79 Å². The summed E-state index contributed by atoms with van der Waals surface area (Å²) in [6, 6.07) is 4.10. The van der Waals surface area contributed by atoms with Gasteiger partial charge in [-0.3, -0.25) is 0 Å². The normalized spacial score (nSPS) is 10.0. The van der Waals surface area contributed by atoms with E-state index in [-0.39, 0.29) is 0 Å². The van der Waals surface area contributed by atoms with E-state index in [2.05, 4.69) is 6.07 Å². The maximum absolute atomic E-state index is 10.6. The molecule has 0 N–H and O–H groups in total. The lowest BCUT2D eigenvalue weighted by atomic mass is 10.3. The number of thiophene rings is 1. The molecule has 0 aromatic carbocycles. The summed E-state index contributed by atoms with van der Waals surface area (Å²) in [4.78, 5) is 11.9. The Kier molecular flexibility index (Phi) is 2.83. The third kappa shape index (κ3) is 2.45. The number of hydrogen-bond acceptors (Lipinski definition) is 2. The van der Waals surface area contributed by atoms with Gasteiger partial charge in [0.25, 0.3) is 0 Å². The summed E-state index contributed by atoms with van der Waals surface area (Å²) < 4.78 is 0. The second-order valence-corrected chi connectivity index (χ2v) is 4.43. The third-order valence-electron chi connectivity index (χ3n) is 1.30. The van der Waals surface area contributed by atoms with Gasteiger partial charge in [-0.25, -0.2) is 0 Å². The lowest BCUT2D eigenvalue weighted by molar-refractivity contribution is -0.111. The summed E-state index contributed by atoms with van der Waals surface area (Å²) in [5.41, 5.74) is 0. The molecule has 0 radical (unpaired) electrons. The second kappa shape index (κ2) is 3.68. The minimum Gasteiger partial charge on any atom is -0.307 e. The van der Waals surface area contributed by atoms with Crippen LogP contribution in [-0.4, -0.2) is 15.6 Å². The van der Waals surface area contributed by atoms with Gasteiger partial charge < -0.3 is 4.79 Å². The molecule has 0 spiro atoms. The first-order valence-electron chi connectivity index (χ1n) is 3.31. The number of hydrogen-bond donors (Lipinski definition) is 0. The maximum Gasteiger partial charge on any atom is 0.101 e. The van der Waals surface area contributed by atoms with E-state index in [1.54, 1.807) is 11.3 Å². The average Bonchev–Trinajstić information content (AvgIpc) is 2.34. The van der Waals surface area contributed by atoms with Gasteiger partial charge in [-0.1, -0.05) is 6.07 Å². The lowest BCUT2D eigenvalue weighted by Gasteiger charge is -1.90. The van der Waals surface area contributed by atoms with Crippen LogP contribution in [0.15, 0.2) is 17.5 Å². The van der Waals surface area contributed by atoms with Gasteiger partial charge in [0.2, 0.25) is 0 Å². The van der Waals surface area contributed by atoms with Crippen molar-refractivity contribution in [1.29, 1.82) is 0 Å². The van der Waals surface area contributed by atoms with E-state index >= 15 is 0 Å². The monoisotopic (exact) mass is 170 g/mol. The van der Waals surface area contributed by atoms with Crippen molar-refractivity contribution >= 4 is 27.0 Å². The first-order valence-corrected chi connectivity index (χ1v) is 5.19. The van der Waals surface area contributed by atoms with Gasteiger partial charge in [0, 0.05) is 11.3 Å². The van der Waals surface area contributed by atoms with Crippen molar-refractivity contribution in [2.45, 2.75) is 12.8 Å². The number of carbonyl (C=O) groups is 1. The molecule has 0 saturated carbocycles.